The maximum absolute atomic E-state index is 12.8. The van der Waals surface area contributed by atoms with Crippen LogP contribution in [-0.2, 0) is 6.42 Å². The average Bonchev–Trinajstić information content (AvgIpc) is 3.40. The highest BCUT2D eigenvalue weighted by molar-refractivity contribution is 5.93. The van der Waals surface area contributed by atoms with E-state index in [0.29, 0.717) is 13.0 Å². The molecule has 0 saturated carbocycles. The summed E-state index contributed by atoms with van der Waals surface area (Å²) in [6, 6.07) is 8.15. The first-order valence-electron chi connectivity index (χ1n) is 10.3. The summed E-state index contributed by atoms with van der Waals surface area (Å²) >= 11 is 0. The van der Waals surface area contributed by atoms with Gasteiger partial charge in [-0.25, -0.2) is 14.2 Å². The van der Waals surface area contributed by atoms with Gasteiger partial charge in [-0.1, -0.05) is 6.92 Å². The predicted molar refractivity (Wildman–Crippen MR) is 117 cm³/mol. The number of nitrogens with one attached hydrogen (secondary N) is 1. The van der Waals surface area contributed by atoms with Crippen molar-refractivity contribution >= 4 is 28.4 Å². The zero-order valence-electron chi connectivity index (χ0n) is 17.1. The molecule has 2 aliphatic heterocycles. The van der Waals surface area contributed by atoms with Crippen LogP contribution in [0.5, 0.6) is 0 Å². The minimum absolute atomic E-state index is 0.273. The van der Waals surface area contributed by atoms with Crippen LogP contribution in [0.1, 0.15) is 12.5 Å². The molecule has 2 aromatic heterocycles. The number of likely N-dealkylation sites (N-methyl/N-ethyl adjacent to an activating group) is 1. The summed E-state index contributed by atoms with van der Waals surface area (Å²) in [6.07, 6.45) is 4.57. The second-order valence-corrected chi connectivity index (χ2v) is 7.54. The second-order valence-electron chi connectivity index (χ2n) is 7.54. The van der Waals surface area contributed by atoms with E-state index in [2.05, 4.69) is 38.8 Å². The summed E-state index contributed by atoms with van der Waals surface area (Å²) < 4.78 is 12.8. The number of aromatic amines is 1. The number of urea groups is 1. The average molecular weight is 410 g/mol. The fourth-order valence-corrected chi connectivity index (χ4v) is 4.00. The van der Waals surface area contributed by atoms with Gasteiger partial charge in [0.25, 0.3) is 0 Å². The molecule has 0 bridgehead atoms. The number of nitrogens with two attached hydrogens (primary N) is 1. The second kappa shape index (κ2) is 8.71. The molecule has 1 aromatic carbocycles. The van der Waals surface area contributed by atoms with E-state index in [1.54, 1.807) is 6.07 Å². The Kier molecular flexibility index (Phi) is 5.85. The maximum atomic E-state index is 12.8. The highest BCUT2D eigenvalue weighted by atomic mass is 19.1. The van der Waals surface area contributed by atoms with Crippen LogP contribution in [-0.4, -0.2) is 60.2 Å². The number of fused-ring (bicyclic) bond motifs is 2. The molecule has 0 spiro atoms. The Labute approximate surface area is 175 Å². The van der Waals surface area contributed by atoms with Gasteiger partial charge in [-0.3, -0.25) is 4.90 Å². The van der Waals surface area contributed by atoms with E-state index in [0.717, 1.165) is 55.3 Å². The Morgan fingerprint density at radius 3 is 2.70 bits per heavy atom. The summed E-state index contributed by atoms with van der Waals surface area (Å²) in [5.74, 6) is 0.831. The molecule has 0 aliphatic carbocycles. The van der Waals surface area contributed by atoms with Crippen molar-refractivity contribution in [2.45, 2.75) is 13.3 Å². The van der Waals surface area contributed by atoms with Crippen molar-refractivity contribution in [3.63, 3.8) is 0 Å². The Morgan fingerprint density at radius 2 is 1.97 bits per heavy atom. The first kappa shape index (κ1) is 20.2. The molecule has 158 valence electrons. The van der Waals surface area contributed by atoms with Gasteiger partial charge in [-0.05, 0) is 48.9 Å². The van der Waals surface area contributed by atoms with E-state index >= 15 is 0 Å². The van der Waals surface area contributed by atoms with Crippen LogP contribution >= 0.6 is 0 Å². The monoisotopic (exact) mass is 410 g/mol. The highest BCUT2D eigenvalue weighted by Gasteiger charge is 2.22. The Hall–Kier alpha value is -3.13. The lowest BCUT2D eigenvalue weighted by Crippen LogP contribution is -2.46. The first-order valence-corrected chi connectivity index (χ1v) is 10.3. The molecular formula is C22H27FN6O. The minimum Gasteiger partial charge on any atom is -0.360 e. The molecule has 4 heterocycles. The summed E-state index contributed by atoms with van der Waals surface area (Å²) in [7, 11) is 0. The quantitative estimate of drug-likeness (QED) is 0.681. The number of benzene rings is 1. The number of halogens is 1. The number of hydrogen-bond acceptors (Lipinski definition) is 4. The Morgan fingerprint density at radius 1 is 1.17 bits per heavy atom. The van der Waals surface area contributed by atoms with E-state index in [1.807, 2.05) is 12.4 Å². The molecule has 5 rings (SSSR count). The zero-order valence-corrected chi connectivity index (χ0v) is 17.1. The topological polar surface area (TPSA) is 81.5 Å². The van der Waals surface area contributed by atoms with Gasteiger partial charge < -0.3 is 20.5 Å². The summed E-state index contributed by atoms with van der Waals surface area (Å²) in [5, 5.41) is 1.24. The number of hydrogen-bond donors (Lipinski definition) is 2. The SMILES string of the molecule is CCN1CCN(c2cc3cc[nH]c3cn2)CC1.NC(=O)N1CCc2cc(F)ccc21. The number of piperazine rings is 1. The van der Waals surface area contributed by atoms with Crippen LogP contribution in [0.2, 0.25) is 0 Å². The van der Waals surface area contributed by atoms with E-state index in [-0.39, 0.29) is 5.82 Å². The van der Waals surface area contributed by atoms with Crippen LogP contribution in [0.15, 0.2) is 42.7 Å². The lowest BCUT2D eigenvalue weighted by molar-refractivity contribution is 0.254. The third-order valence-electron chi connectivity index (χ3n) is 5.77. The van der Waals surface area contributed by atoms with Crippen molar-refractivity contribution < 1.29 is 9.18 Å². The minimum atomic E-state index is -0.481. The lowest BCUT2D eigenvalue weighted by atomic mass is 10.2. The van der Waals surface area contributed by atoms with Gasteiger partial charge in [-0.2, -0.15) is 0 Å². The number of amides is 2. The summed E-state index contributed by atoms with van der Waals surface area (Å²) in [4.78, 5) is 24.9. The smallest absolute Gasteiger partial charge is 0.319 e. The van der Waals surface area contributed by atoms with Crippen LogP contribution in [0.25, 0.3) is 10.9 Å². The van der Waals surface area contributed by atoms with Crippen molar-refractivity contribution in [2.24, 2.45) is 5.73 Å². The van der Waals surface area contributed by atoms with E-state index in [1.165, 1.54) is 22.4 Å². The number of pyridine rings is 1. The highest BCUT2D eigenvalue weighted by Crippen LogP contribution is 2.27. The fraction of sp³-hybridized carbons (Fsp3) is 0.364. The number of nitrogens with zero attached hydrogens (tertiary/aromatic N) is 4. The predicted octanol–water partition coefficient (Wildman–Crippen LogP) is 2.97. The molecule has 7 nitrogen and oxygen atoms in total. The van der Waals surface area contributed by atoms with E-state index < -0.39 is 6.03 Å². The van der Waals surface area contributed by atoms with E-state index in [9.17, 15) is 9.18 Å². The molecule has 3 aromatic rings. The largest absolute Gasteiger partial charge is 0.360 e. The molecule has 30 heavy (non-hydrogen) atoms. The molecule has 0 radical (unpaired) electrons. The third-order valence-corrected chi connectivity index (χ3v) is 5.77. The van der Waals surface area contributed by atoms with Crippen LogP contribution in [0, 0.1) is 5.82 Å². The Bertz CT molecular complexity index is 1030. The van der Waals surface area contributed by atoms with Crippen LogP contribution in [0.3, 0.4) is 0 Å². The number of primary amides is 1. The van der Waals surface area contributed by atoms with Crippen molar-refractivity contribution in [2.75, 3.05) is 49.1 Å². The zero-order chi connectivity index (χ0) is 21.1. The number of anilines is 2. The Balaban J connectivity index is 0.000000151. The molecule has 2 aliphatic rings. The van der Waals surface area contributed by atoms with Crippen molar-refractivity contribution in [1.29, 1.82) is 0 Å². The lowest BCUT2D eigenvalue weighted by Gasteiger charge is -2.34. The molecule has 0 unspecified atom stereocenters. The molecule has 1 fully saturated rings. The maximum Gasteiger partial charge on any atom is 0.319 e. The third kappa shape index (κ3) is 4.23. The fourth-order valence-electron chi connectivity index (χ4n) is 4.00. The molecular weight excluding hydrogens is 383 g/mol. The van der Waals surface area contributed by atoms with Gasteiger partial charge in [-0.15, -0.1) is 0 Å². The van der Waals surface area contributed by atoms with Crippen molar-refractivity contribution in [3.05, 3.63) is 54.1 Å². The van der Waals surface area contributed by atoms with Crippen LogP contribution in [0.4, 0.5) is 20.7 Å². The van der Waals surface area contributed by atoms with Gasteiger partial charge >= 0.3 is 6.03 Å². The van der Waals surface area contributed by atoms with Gasteiger partial charge in [0.2, 0.25) is 0 Å². The van der Waals surface area contributed by atoms with Gasteiger partial charge in [0.05, 0.1) is 11.7 Å². The number of carbonyl (C=O) groups is 1. The van der Waals surface area contributed by atoms with E-state index in [4.69, 9.17) is 5.73 Å². The number of rotatable bonds is 2. The molecule has 3 N–H and O–H groups in total. The molecule has 1 saturated heterocycles. The summed E-state index contributed by atoms with van der Waals surface area (Å²) in [5.41, 5.74) is 7.83. The van der Waals surface area contributed by atoms with Crippen molar-refractivity contribution in [1.82, 2.24) is 14.9 Å². The summed E-state index contributed by atoms with van der Waals surface area (Å²) in [6.45, 7) is 8.37. The number of carbonyl (C=O) groups excluding carboxylic acids is 1. The standard InChI is InChI=1S/C13H18N4.C9H9FN2O/c1-2-16-5-7-17(8-6-16)13-9-11-3-4-14-12(11)10-15-13;10-7-1-2-8-6(5-7)3-4-12(8)9(11)13/h3-4,9-10,14H,2,5-8H2,1H3;1-2,5H,3-4H2,(H2,11,13). The van der Waals surface area contributed by atoms with Gasteiger partial charge in [0.1, 0.15) is 11.6 Å². The van der Waals surface area contributed by atoms with Gasteiger partial charge in [0, 0.05) is 50.0 Å². The van der Waals surface area contributed by atoms with Crippen LogP contribution < -0.4 is 15.5 Å². The normalized spacial score (nSPS) is 16.3. The van der Waals surface area contributed by atoms with Crippen molar-refractivity contribution in [3.8, 4) is 0 Å². The van der Waals surface area contributed by atoms with Gasteiger partial charge in [0.15, 0.2) is 0 Å². The molecule has 0 atom stereocenters. The molecule has 2 amide bonds. The molecule has 8 heteroatoms. The number of aromatic nitrogens is 2. The first-order chi connectivity index (χ1) is 14.5. The number of H-pyrrole nitrogens is 1.